The number of amides is 3. The van der Waals surface area contributed by atoms with Crippen LogP contribution in [0.15, 0.2) is 18.2 Å². The smallest absolute Gasteiger partial charge is 0.315 e. The van der Waals surface area contributed by atoms with Gasteiger partial charge in [-0.15, -0.1) is 0 Å². The zero-order valence-electron chi connectivity index (χ0n) is 11.2. The number of urea groups is 1. The van der Waals surface area contributed by atoms with Gasteiger partial charge in [-0.05, 0) is 37.5 Å². The monoisotopic (exact) mass is 261 g/mol. The van der Waals surface area contributed by atoms with Gasteiger partial charge in [0.25, 0.3) is 0 Å². The Bertz CT molecular complexity index is 497. The molecule has 3 N–H and O–H groups in total. The second kappa shape index (κ2) is 5.73. The van der Waals surface area contributed by atoms with Crippen LogP contribution in [-0.4, -0.2) is 18.0 Å². The Morgan fingerprint density at radius 1 is 1.37 bits per heavy atom. The second-order valence-electron chi connectivity index (χ2n) is 5.02. The van der Waals surface area contributed by atoms with Crippen LogP contribution in [0.2, 0.25) is 0 Å². The molecule has 1 aromatic rings. The molecule has 5 nitrogen and oxygen atoms in total. The van der Waals surface area contributed by atoms with Gasteiger partial charge in [-0.25, -0.2) is 4.79 Å². The van der Waals surface area contributed by atoms with Crippen molar-refractivity contribution < 1.29 is 9.59 Å². The molecule has 5 heteroatoms. The van der Waals surface area contributed by atoms with Crippen LogP contribution >= 0.6 is 0 Å². The molecule has 19 heavy (non-hydrogen) atoms. The molecular weight excluding hydrogens is 242 g/mol. The molecule has 0 fully saturated rings. The van der Waals surface area contributed by atoms with E-state index in [1.54, 1.807) is 0 Å². The van der Waals surface area contributed by atoms with Crippen molar-refractivity contribution in [3.63, 3.8) is 0 Å². The molecule has 1 heterocycles. The van der Waals surface area contributed by atoms with Crippen LogP contribution in [0.3, 0.4) is 0 Å². The highest BCUT2D eigenvalue weighted by atomic mass is 16.2. The fourth-order valence-electron chi connectivity index (χ4n) is 2.04. The summed E-state index contributed by atoms with van der Waals surface area (Å²) in [6, 6.07) is 5.80. The first-order chi connectivity index (χ1) is 9.04. The number of hydrogen-bond acceptors (Lipinski definition) is 2. The van der Waals surface area contributed by atoms with E-state index in [0.29, 0.717) is 13.0 Å². The van der Waals surface area contributed by atoms with E-state index in [9.17, 15) is 9.59 Å². The highest BCUT2D eigenvalue weighted by Crippen LogP contribution is 2.23. The van der Waals surface area contributed by atoms with Crippen molar-refractivity contribution in [1.82, 2.24) is 10.6 Å². The lowest BCUT2D eigenvalue weighted by atomic mass is 10.0. The van der Waals surface area contributed by atoms with Gasteiger partial charge in [0.05, 0.1) is 0 Å². The lowest BCUT2D eigenvalue weighted by molar-refractivity contribution is -0.116. The Morgan fingerprint density at radius 3 is 2.89 bits per heavy atom. The Kier molecular flexibility index (Phi) is 4.04. The molecule has 1 aliphatic rings. The third-order valence-electron chi connectivity index (χ3n) is 2.94. The Balaban J connectivity index is 1.95. The molecule has 0 aliphatic carbocycles. The van der Waals surface area contributed by atoms with E-state index in [4.69, 9.17) is 0 Å². The topological polar surface area (TPSA) is 70.2 Å². The molecular formula is C14H19N3O2. The molecule has 0 saturated heterocycles. The van der Waals surface area contributed by atoms with E-state index in [1.807, 2.05) is 32.0 Å². The largest absolute Gasteiger partial charge is 0.336 e. The summed E-state index contributed by atoms with van der Waals surface area (Å²) >= 11 is 0. The Labute approximate surface area is 112 Å². The molecule has 0 aromatic heterocycles. The minimum atomic E-state index is -0.166. The molecule has 0 spiro atoms. The molecule has 0 unspecified atom stereocenters. The molecule has 102 valence electrons. The SMILES string of the molecule is CC(C)NC(=O)NCc1ccc2c(c1)CCC(=O)N2. The maximum Gasteiger partial charge on any atom is 0.315 e. The number of hydrogen-bond donors (Lipinski definition) is 3. The molecule has 0 saturated carbocycles. The van der Waals surface area contributed by atoms with Crippen LogP contribution in [-0.2, 0) is 17.8 Å². The van der Waals surface area contributed by atoms with Gasteiger partial charge in [-0.3, -0.25) is 4.79 Å². The Morgan fingerprint density at radius 2 is 2.16 bits per heavy atom. The minimum Gasteiger partial charge on any atom is -0.336 e. The van der Waals surface area contributed by atoms with E-state index >= 15 is 0 Å². The first-order valence-corrected chi connectivity index (χ1v) is 6.50. The fourth-order valence-corrected chi connectivity index (χ4v) is 2.04. The van der Waals surface area contributed by atoms with Gasteiger partial charge in [-0.1, -0.05) is 12.1 Å². The highest BCUT2D eigenvalue weighted by Gasteiger charge is 2.14. The quantitative estimate of drug-likeness (QED) is 0.776. The number of aryl methyl sites for hydroxylation is 1. The van der Waals surface area contributed by atoms with Crippen molar-refractivity contribution in [2.24, 2.45) is 0 Å². The summed E-state index contributed by atoms with van der Waals surface area (Å²) in [6.45, 7) is 4.32. The molecule has 0 atom stereocenters. The average Bonchev–Trinajstić information content (AvgIpc) is 2.35. The van der Waals surface area contributed by atoms with Crippen molar-refractivity contribution in [2.45, 2.75) is 39.3 Å². The average molecular weight is 261 g/mol. The van der Waals surface area contributed by atoms with Gasteiger partial charge in [0.2, 0.25) is 5.91 Å². The van der Waals surface area contributed by atoms with Crippen LogP contribution in [0.1, 0.15) is 31.4 Å². The summed E-state index contributed by atoms with van der Waals surface area (Å²) in [4.78, 5) is 22.7. The van der Waals surface area contributed by atoms with Crippen LogP contribution in [0.4, 0.5) is 10.5 Å². The van der Waals surface area contributed by atoms with Crippen molar-refractivity contribution in [1.29, 1.82) is 0 Å². The van der Waals surface area contributed by atoms with Gasteiger partial charge in [-0.2, -0.15) is 0 Å². The number of benzene rings is 1. The van der Waals surface area contributed by atoms with Crippen LogP contribution in [0, 0.1) is 0 Å². The standard InChI is InChI=1S/C14H19N3O2/c1-9(2)16-14(19)15-8-10-3-5-12-11(7-10)4-6-13(18)17-12/h3,5,7,9H,4,6,8H2,1-2H3,(H,17,18)(H2,15,16,19). The zero-order chi connectivity index (χ0) is 13.8. The van der Waals surface area contributed by atoms with Crippen molar-refractivity contribution >= 4 is 17.6 Å². The molecule has 1 aromatic carbocycles. The summed E-state index contributed by atoms with van der Waals surface area (Å²) in [7, 11) is 0. The van der Waals surface area contributed by atoms with Crippen LogP contribution < -0.4 is 16.0 Å². The number of anilines is 1. The van der Waals surface area contributed by atoms with E-state index in [-0.39, 0.29) is 18.0 Å². The summed E-state index contributed by atoms with van der Waals surface area (Å²) in [5.41, 5.74) is 3.05. The predicted molar refractivity (Wildman–Crippen MR) is 73.9 cm³/mol. The number of fused-ring (bicyclic) bond motifs is 1. The zero-order valence-corrected chi connectivity index (χ0v) is 11.2. The van der Waals surface area contributed by atoms with Crippen molar-refractivity contribution in [3.8, 4) is 0 Å². The predicted octanol–water partition coefficient (Wildman–Crippen LogP) is 1.78. The van der Waals surface area contributed by atoms with Gasteiger partial charge in [0.15, 0.2) is 0 Å². The van der Waals surface area contributed by atoms with Crippen molar-refractivity contribution in [2.75, 3.05) is 5.32 Å². The maximum atomic E-state index is 11.5. The minimum absolute atomic E-state index is 0.0645. The Hall–Kier alpha value is -2.04. The lowest BCUT2D eigenvalue weighted by Crippen LogP contribution is -2.39. The summed E-state index contributed by atoms with van der Waals surface area (Å²) in [5.74, 6) is 0.0645. The fraction of sp³-hybridized carbons (Fsp3) is 0.429. The van der Waals surface area contributed by atoms with Gasteiger partial charge < -0.3 is 16.0 Å². The van der Waals surface area contributed by atoms with E-state index in [2.05, 4.69) is 16.0 Å². The molecule has 1 aliphatic heterocycles. The van der Waals surface area contributed by atoms with E-state index in [1.165, 1.54) is 0 Å². The second-order valence-corrected chi connectivity index (χ2v) is 5.02. The molecule has 0 bridgehead atoms. The number of carbonyl (C=O) groups is 2. The first kappa shape index (κ1) is 13.4. The van der Waals surface area contributed by atoms with E-state index < -0.39 is 0 Å². The van der Waals surface area contributed by atoms with Gasteiger partial charge in [0, 0.05) is 24.7 Å². The summed E-state index contributed by atoms with van der Waals surface area (Å²) in [5, 5.41) is 8.42. The summed E-state index contributed by atoms with van der Waals surface area (Å²) < 4.78 is 0. The molecule has 2 rings (SSSR count). The lowest BCUT2D eigenvalue weighted by Gasteiger charge is -2.18. The van der Waals surface area contributed by atoms with Gasteiger partial charge in [0.1, 0.15) is 0 Å². The van der Waals surface area contributed by atoms with Gasteiger partial charge >= 0.3 is 6.03 Å². The third-order valence-corrected chi connectivity index (χ3v) is 2.94. The van der Waals surface area contributed by atoms with E-state index in [0.717, 1.165) is 23.2 Å². The normalized spacial score (nSPS) is 13.7. The van der Waals surface area contributed by atoms with Crippen LogP contribution in [0.25, 0.3) is 0 Å². The highest BCUT2D eigenvalue weighted by molar-refractivity contribution is 5.93. The van der Waals surface area contributed by atoms with Crippen molar-refractivity contribution in [3.05, 3.63) is 29.3 Å². The van der Waals surface area contributed by atoms with Crippen LogP contribution in [0.5, 0.6) is 0 Å². The first-order valence-electron chi connectivity index (χ1n) is 6.50. The summed E-state index contributed by atoms with van der Waals surface area (Å²) in [6.07, 6.45) is 1.28. The number of nitrogens with one attached hydrogen (secondary N) is 3. The third kappa shape index (κ3) is 3.71. The molecule has 0 radical (unpaired) electrons. The number of rotatable bonds is 3. The number of carbonyl (C=O) groups excluding carboxylic acids is 2. The molecule has 3 amide bonds. The maximum absolute atomic E-state index is 11.5.